The quantitative estimate of drug-likeness (QED) is 0.300. The number of ether oxygens (including phenoxy) is 4. The minimum Gasteiger partial charge on any atom is -0.507 e. The van der Waals surface area contributed by atoms with Gasteiger partial charge in [-0.25, -0.2) is 0 Å². The molecule has 0 aromatic heterocycles. The summed E-state index contributed by atoms with van der Waals surface area (Å²) in [6.45, 7) is 5.73. The summed E-state index contributed by atoms with van der Waals surface area (Å²) in [6.07, 6.45) is 1.16. The van der Waals surface area contributed by atoms with Gasteiger partial charge in [0.25, 0.3) is 0 Å². The van der Waals surface area contributed by atoms with Crippen LogP contribution in [0.25, 0.3) is 0 Å². The number of aromatic hydroxyl groups is 2. The van der Waals surface area contributed by atoms with Crippen LogP contribution in [0.2, 0.25) is 0 Å². The van der Waals surface area contributed by atoms with Gasteiger partial charge in [0.2, 0.25) is 5.75 Å². The first kappa shape index (κ1) is 25.6. The summed E-state index contributed by atoms with van der Waals surface area (Å²) < 4.78 is 21.9. The third-order valence-electron chi connectivity index (χ3n) is 6.76. The molecule has 0 bridgehead atoms. The number of fused-ring (bicyclic) bond motifs is 3. The van der Waals surface area contributed by atoms with Crippen LogP contribution in [0.15, 0.2) is 35.2 Å². The molecule has 0 radical (unpaired) electrons. The smallest absolute Gasteiger partial charge is 0.203 e. The lowest BCUT2D eigenvalue weighted by Crippen LogP contribution is -2.40. The van der Waals surface area contributed by atoms with E-state index >= 15 is 0 Å². The van der Waals surface area contributed by atoms with Crippen molar-refractivity contribution in [3.8, 4) is 34.5 Å². The van der Waals surface area contributed by atoms with Crippen LogP contribution < -0.4 is 24.3 Å². The van der Waals surface area contributed by atoms with Crippen molar-refractivity contribution in [2.75, 3.05) is 26.6 Å². The summed E-state index contributed by atoms with van der Waals surface area (Å²) >= 11 is 0. The zero-order chi connectivity index (χ0) is 27.4. The fraction of sp³-hybridized carbons (Fsp3) is 0.296. The minimum absolute atomic E-state index is 0.0230. The SMILES string of the molecule is COc1cc(N/C(C)=C2\C(=O)C=C3Oc4c(C(C)=O)c(O)c(C)c(O)c4[C@@]3(C)C2=O)cc(OC)c1OC. The van der Waals surface area contributed by atoms with Gasteiger partial charge < -0.3 is 34.5 Å². The molecule has 10 nitrogen and oxygen atoms in total. The van der Waals surface area contributed by atoms with E-state index in [1.807, 2.05) is 0 Å². The van der Waals surface area contributed by atoms with Gasteiger partial charge in [0.05, 0.1) is 32.5 Å². The maximum atomic E-state index is 13.9. The molecule has 10 heteroatoms. The van der Waals surface area contributed by atoms with Crippen LogP contribution in [0.4, 0.5) is 5.69 Å². The molecular weight excluding hydrogens is 482 g/mol. The highest BCUT2D eigenvalue weighted by atomic mass is 16.5. The van der Waals surface area contributed by atoms with Gasteiger partial charge in [0, 0.05) is 35.2 Å². The Balaban J connectivity index is 1.87. The third-order valence-corrected chi connectivity index (χ3v) is 6.76. The van der Waals surface area contributed by atoms with E-state index in [1.54, 1.807) is 19.1 Å². The van der Waals surface area contributed by atoms with Gasteiger partial charge in [-0.1, -0.05) is 0 Å². The second-order valence-electron chi connectivity index (χ2n) is 8.93. The molecule has 0 saturated carbocycles. The Bertz CT molecular complexity index is 1430. The lowest BCUT2D eigenvalue weighted by atomic mass is 9.70. The molecule has 3 N–H and O–H groups in total. The molecule has 0 fully saturated rings. The monoisotopic (exact) mass is 509 g/mol. The Morgan fingerprint density at radius 3 is 2.11 bits per heavy atom. The summed E-state index contributed by atoms with van der Waals surface area (Å²) in [5.41, 5.74) is -1.19. The van der Waals surface area contributed by atoms with E-state index < -0.39 is 28.5 Å². The molecule has 37 heavy (non-hydrogen) atoms. The van der Waals surface area contributed by atoms with Crippen molar-refractivity contribution in [3.63, 3.8) is 0 Å². The third kappa shape index (κ3) is 3.59. The van der Waals surface area contributed by atoms with Crippen LogP contribution in [0.5, 0.6) is 34.5 Å². The summed E-state index contributed by atoms with van der Waals surface area (Å²) in [7, 11) is 4.40. The van der Waals surface area contributed by atoms with Gasteiger partial charge >= 0.3 is 0 Å². The highest BCUT2D eigenvalue weighted by Gasteiger charge is 2.56. The molecule has 0 unspecified atom stereocenters. The number of phenolic OH excluding ortho intramolecular Hbond substituents is 2. The van der Waals surface area contributed by atoms with Crippen molar-refractivity contribution < 1.29 is 43.5 Å². The highest BCUT2D eigenvalue weighted by Crippen LogP contribution is 2.57. The number of allylic oxidation sites excluding steroid dienone is 4. The number of anilines is 1. The zero-order valence-electron chi connectivity index (χ0n) is 21.5. The van der Waals surface area contributed by atoms with Gasteiger partial charge in [-0.3, -0.25) is 14.4 Å². The summed E-state index contributed by atoms with van der Waals surface area (Å²) in [6, 6.07) is 3.24. The normalized spacial score (nSPS) is 19.4. The zero-order valence-corrected chi connectivity index (χ0v) is 21.5. The molecule has 2 aromatic carbocycles. The minimum atomic E-state index is -1.61. The maximum absolute atomic E-state index is 13.9. The van der Waals surface area contributed by atoms with Crippen molar-refractivity contribution in [1.29, 1.82) is 0 Å². The average molecular weight is 510 g/mol. The Hall–Kier alpha value is -4.47. The number of carbonyl (C=O) groups is 3. The summed E-state index contributed by atoms with van der Waals surface area (Å²) in [5.74, 6) is -1.67. The largest absolute Gasteiger partial charge is 0.507 e. The van der Waals surface area contributed by atoms with Crippen LogP contribution in [-0.4, -0.2) is 48.9 Å². The van der Waals surface area contributed by atoms with E-state index in [9.17, 15) is 24.6 Å². The Morgan fingerprint density at radius 1 is 1.00 bits per heavy atom. The molecule has 0 amide bonds. The first-order valence-electron chi connectivity index (χ1n) is 11.3. The van der Waals surface area contributed by atoms with Crippen molar-refractivity contribution in [1.82, 2.24) is 0 Å². The lowest BCUT2D eigenvalue weighted by Gasteiger charge is -2.29. The fourth-order valence-corrected chi connectivity index (χ4v) is 4.79. The van der Waals surface area contributed by atoms with Crippen molar-refractivity contribution >= 4 is 23.0 Å². The van der Waals surface area contributed by atoms with E-state index in [1.165, 1.54) is 42.1 Å². The van der Waals surface area contributed by atoms with Crippen molar-refractivity contribution in [2.24, 2.45) is 0 Å². The van der Waals surface area contributed by atoms with E-state index in [0.717, 1.165) is 6.08 Å². The number of hydrogen-bond donors (Lipinski definition) is 3. The number of Topliss-reactive ketones (excluding diaryl/α,β-unsaturated/α-hetero) is 2. The molecule has 1 atom stereocenters. The van der Waals surface area contributed by atoms with Gasteiger partial charge in [0.15, 0.2) is 28.8 Å². The molecule has 194 valence electrons. The van der Waals surface area contributed by atoms with Gasteiger partial charge in [-0.05, 0) is 27.7 Å². The molecule has 2 aromatic rings. The predicted molar refractivity (Wildman–Crippen MR) is 133 cm³/mol. The molecule has 1 aliphatic heterocycles. The topological polar surface area (TPSA) is 141 Å². The molecule has 2 aliphatic rings. The van der Waals surface area contributed by atoms with Gasteiger partial charge in [0.1, 0.15) is 34.0 Å². The van der Waals surface area contributed by atoms with Gasteiger partial charge in [-0.2, -0.15) is 0 Å². The van der Waals surface area contributed by atoms with E-state index in [-0.39, 0.29) is 45.2 Å². The average Bonchev–Trinajstić information content (AvgIpc) is 3.14. The predicted octanol–water partition coefficient (Wildman–Crippen LogP) is 3.71. The number of ketones is 3. The van der Waals surface area contributed by atoms with Crippen LogP contribution >= 0.6 is 0 Å². The molecule has 4 rings (SSSR count). The maximum Gasteiger partial charge on any atom is 0.203 e. The molecule has 1 aliphatic carbocycles. The standard InChI is InChI=1S/C27H27NO9/c1-11-22(31)20(13(3)29)25-21(23(11)32)27(4)18(37-25)10-15(30)19(26(27)33)12(2)28-14-8-16(34-5)24(36-7)17(9-14)35-6/h8-10,28,31-32H,1-7H3/b19-12+/t27-/m0/s1. The first-order chi connectivity index (χ1) is 17.4. The molecule has 1 heterocycles. The number of carbonyl (C=O) groups excluding carboxylic acids is 3. The summed E-state index contributed by atoms with van der Waals surface area (Å²) in [4.78, 5) is 39.4. The van der Waals surface area contributed by atoms with Crippen LogP contribution in [-0.2, 0) is 15.0 Å². The number of methoxy groups -OCH3 is 3. The second-order valence-corrected chi connectivity index (χ2v) is 8.93. The first-order valence-corrected chi connectivity index (χ1v) is 11.3. The Kier molecular flexibility index (Phi) is 6.15. The molecule has 0 spiro atoms. The van der Waals surface area contributed by atoms with Gasteiger partial charge in [-0.15, -0.1) is 0 Å². The number of benzene rings is 2. The van der Waals surface area contributed by atoms with E-state index in [2.05, 4.69) is 5.32 Å². The van der Waals surface area contributed by atoms with E-state index in [4.69, 9.17) is 18.9 Å². The Morgan fingerprint density at radius 2 is 1.59 bits per heavy atom. The fourth-order valence-electron chi connectivity index (χ4n) is 4.79. The van der Waals surface area contributed by atoms with Crippen LogP contribution in [0.1, 0.15) is 42.3 Å². The van der Waals surface area contributed by atoms with Crippen LogP contribution in [0, 0.1) is 6.92 Å². The summed E-state index contributed by atoms with van der Waals surface area (Å²) in [5, 5.41) is 24.5. The number of hydrogen-bond acceptors (Lipinski definition) is 10. The molecular formula is C27H27NO9. The Labute approximate surface area is 213 Å². The lowest BCUT2D eigenvalue weighted by molar-refractivity contribution is -0.123. The highest BCUT2D eigenvalue weighted by molar-refractivity contribution is 6.31. The molecule has 0 saturated heterocycles. The number of phenols is 2. The van der Waals surface area contributed by atoms with Crippen molar-refractivity contribution in [2.45, 2.75) is 33.1 Å². The number of nitrogens with one attached hydrogen (secondary N) is 1. The number of rotatable bonds is 6. The van der Waals surface area contributed by atoms with Crippen LogP contribution in [0.3, 0.4) is 0 Å². The van der Waals surface area contributed by atoms with E-state index in [0.29, 0.717) is 22.9 Å². The van der Waals surface area contributed by atoms with Crippen molar-refractivity contribution in [3.05, 3.63) is 51.9 Å². The second kappa shape index (κ2) is 8.88.